The number of nitrogens with zero attached hydrogens (tertiary/aromatic N) is 4. The van der Waals surface area contributed by atoms with E-state index in [1.165, 1.54) is 12.8 Å². The first-order chi connectivity index (χ1) is 7.35. The van der Waals surface area contributed by atoms with Crippen molar-refractivity contribution in [2.75, 3.05) is 11.4 Å². The summed E-state index contributed by atoms with van der Waals surface area (Å²) < 4.78 is 0. The highest BCUT2D eigenvalue weighted by Crippen LogP contribution is 2.24. The molecule has 0 radical (unpaired) electrons. The Bertz CT molecular complexity index is 365. The van der Waals surface area contributed by atoms with Crippen LogP contribution in [0.3, 0.4) is 0 Å². The van der Waals surface area contributed by atoms with Crippen LogP contribution in [0.2, 0.25) is 0 Å². The summed E-state index contributed by atoms with van der Waals surface area (Å²) in [4.78, 5) is 10.6. The second kappa shape index (κ2) is 4.26. The third kappa shape index (κ3) is 1.91. The van der Waals surface area contributed by atoms with Crippen LogP contribution in [0.5, 0.6) is 0 Å². The molecule has 1 saturated heterocycles. The summed E-state index contributed by atoms with van der Waals surface area (Å²) in [6, 6.07) is 2.57. The van der Waals surface area contributed by atoms with Crippen LogP contribution >= 0.6 is 0 Å². The minimum atomic E-state index is 0.381. The van der Waals surface area contributed by atoms with Crippen LogP contribution in [0.25, 0.3) is 0 Å². The minimum Gasteiger partial charge on any atom is -0.352 e. The van der Waals surface area contributed by atoms with E-state index >= 15 is 0 Å². The van der Waals surface area contributed by atoms with Gasteiger partial charge in [-0.2, -0.15) is 5.26 Å². The van der Waals surface area contributed by atoms with Crippen LogP contribution in [0.15, 0.2) is 12.4 Å². The number of rotatable bonds is 2. The lowest BCUT2D eigenvalue weighted by Crippen LogP contribution is -2.29. The van der Waals surface area contributed by atoms with Crippen LogP contribution in [0, 0.1) is 11.3 Å². The second-order valence-corrected chi connectivity index (χ2v) is 3.77. The molecule has 15 heavy (non-hydrogen) atoms. The maximum Gasteiger partial charge on any atom is 0.158 e. The molecule has 4 heteroatoms. The Hall–Kier alpha value is -1.63. The van der Waals surface area contributed by atoms with E-state index in [1.54, 1.807) is 12.4 Å². The zero-order valence-electron chi connectivity index (χ0n) is 8.85. The summed E-state index contributed by atoms with van der Waals surface area (Å²) >= 11 is 0. The molecule has 0 amide bonds. The Balaban J connectivity index is 2.19. The van der Waals surface area contributed by atoms with Gasteiger partial charge in [0.25, 0.3) is 0 Å². The Morgan fingerprint density at radius 2 is 2.40 bits per heavy atom. The van der Waals surface area contributed by atoms with Crippen molar-refractivity contribution in [3.8, 4) is 6.07 Å². The van der Waals surface area contributed by atoms with E-state index in [-0.39, 0.29) is 0 Å². The zero-order valence-corrected chi connectivity index (χ0v) is 8.85. The first-order valence-corrected chi connectivity index (χ1v) is 5.34. The molecule has 1 aromatic heterocycles. The summed E-state index contributed by atoms with van der Waals surface area (Å²) in [6.07, 6.45) is 6.84. The standard InChI is InChI=1S/C11H14N4/c1-2-10-4-3-5-15(10)11-8-13-9(6-12)7-14-11/h7-8,10H,2-5H2,1H3. The lowest BCUT2D eigenvalue weighted by Gasteiger charge is -2.24. The summed E-state index contributed by atoms with van der Waals surface area (Å²) in [5, 5.41) is 8.63. The molecule has 2 heterocycles. The molecule has 0 saturated carbocycles. The molecule has 0 aromatic carbocycles. The van der Waals surface area contributed by atoms with E-state index < -0.39 is 0 Å². The molecule has 1 aromatic rings. The molecule has 1 fully saturated rings. The molecule has 0 spiro atoms. The maximum absolute atomic E-state index is 8.63. The molecule has 1 unspecified atom stereocenters. The highest BCUT2D eigenvalue weighted by atomic mass is 15.2. The lowest BCUT2D eigenvalue weighted by atomic mass is 10.2. The molecule has 1 aliphatic heterocycles. The molecule has 2 rings (SSSR count). The Kier molecular flexibility index (Phi) is 2.82. The molecular weight excluding hydrogens is 188 g/mol. The van der Waals surface area contributed by atoms with E-state index in [9.17, 15) is 0 Å². The van der Waals surface area contributed by atoms with Crippen molar-refractivity contribution in [1.29, 1.82) is 5.26 Å². The number of aromatic nitrogens is 2. The molecule has 0 bridgehead atoms. The Morgan fingerprint density at radius 3 is 3.00 bits per heavy atom. The van der Waals surface area contributed by atoms with Crippen LogP contribution < -0.4 is 4.90 Å². The molecule has 4 nitrogen and oxygen atoms in total. The molecule has 0 N–H and O–H groups in total. The van der Waals surface area contributed by atoms with Crippen molar-refractivity contribution in [3.05, 3.63) is 18.1 Å². The maximum atomic E-state index is 8.63. The second-order valence-electron chi connectivity index (χ2n) is 3.77. The molecule has 0 aliphatic carbocycles. The summed E-state index contributed by atoms with van der Waals surface area (Å²) in [7, 11) is 0. The first-order valence-electron chi connectivity index (χ1n) is 5.34. The van der Waals surface area contributed by atoms with Crippen LogP contribution in [-0.2, 0) is 0 Å². The zero-order chi connectivity index (χ0) is 10.7. The quantitative estimate of drug-likeness (QED) is 0.732. The van der Waals surface area contributed by atoms with Crippen molar-refractivity contribution in [3.63, 3.8) is 0 Å². The van der Waals surface area contributed by atoms with Gasteiger partial charge in [-0.1, -0.05) is 6.92 Å². The van der Waals surface area contributed by atoms with Gasteiger partial charge in [-0.3, -0.25) is 0 Å². The highest BCUT2D eigenvalue weighted by molar-refractivity contribution is 5.39. The number of hydrogen-bond acceptors (Lipinski definition) is 4. The fraction of sp³-hybridized carbons (Fsp3) is 0.545. The Labute approximate surface area is 89.6 Å². The fourth-order valence-electron chi connectivity index (χ4n) is 2.09. The predicted octanol–water partition coefficient (Wildman–Crippen LogP) is 1.73. The van der Waals surface area contributed by atoms with Crippen molar-refractivity contribution >= 4 is 5.82 Å². The van der Waals surface area contributed by atoms with Crippen molar-refractivity contribution in [2.24, 2.45) is 0 Å². The molecule has 1 aliphatic rings. The summed E-state index contributed by atoms with van der Waals surface area (Å²) in [6.45, 7) is 3.25. The number of anilines is 1. The van der Waals surface area contributed by atoms with Crippen LogP contribution in [-0.4, -0.2) is 22.6 Å². The minimum absolute atomic E-state index is 0.381. The van der Waals surface area contributed by atoms with Gasteiger partial charge in [0.1, 0.15) is 11.9 Å². The van der Waals surface area contributed by atoms with Crippen molar-refractivity contribution < 1.29 is 0 Å². The smallest absolute Gasteiger partial charge is 0.158 e. The van der Waals surface area contributed by atoms with Crippen molar-refractivity contribution in [2.45, 2.75) is 32.2 Å². The van der Waals surface area contributed by atoms with Gasteiger partial charge in [0.2, 0.25) is 0 Å². The Morgan fingerprint density at radius 1 is 1.53 bits per heavy atom. The monoisotopic (exact) mass is 202 g/mol. The van der Waals surface area contributed by atoms with Gasteiger partial charge in [-0.25, -0.2) is 9.97 Å². The third-order valence-electron chi connectivity index (χ3n) is 2.90. The van der Waals surface area contributed by atoms with Crippen LogP contribution in [0.1, 0.15) is 31.9 Å². The van der Waals surface area contributed by atoms with Gasteiger partial charge in [-0.15, -0.1) is 0 Å². The number of nitriles is 1. The van der Waals surface area contributed by atoms with Gasteiger partial charge >= 0.3 is 0 Å². The lowest BCUT2D eigenvalue weighted by molar-refractivity contribution is 0.639. The van der Waals surface area contributed by atoms with Gasteiger partial charge in [0, 0.05) is 12.6 Å². The molecule has 1 atom stereocenters. The van der Waals surface area contributed by atoms with Gasteiger partial charge in [0.15, 0.2) is 5.69 Å². The number of hydrogen-bond donors (Lipinski definition) is 0. The largest absolute Gasteiger partial charge is 0.352 e. The topological polar surface area (TPSA) is 52.8 Å². The SMILES string of the molecule is CCC1CCCN1c1cnc(C#N)cn1. The average molecular weight is 202 g/mol. The van der Waals surface area contributed by atoms with E-state index in [2.05, 4.69) is 21.8 Å². The van der Waals surface area contributed by atoms with E-state index in [0.29, 0.717) is 11.7 Å². The average Bonchev–Trinajstić information content (AvgIpc) is 2.77. The summed E-state index contributed by atoms with van der Waals surface area (Å²) in [5.74, 6) is 0.901. The normalized spacial score (nSPS) is 20.3. The van der Waals surface area contributed by atoms with Gasteiger partial charge in [-0.05, 0) is 19.3 Å². The predicted molar refractivity (Wildman–Crippen MR) is 57.4 cm³/mol. The van der Waals surface area contributed by atoms with E-state index in [4.69, 9.17) is 5.26 Å². The fourth-order valence-corrected chi connectivity index (χ4v) is 2.09. The van der Waals surface area contributed by atoms with E-state index in [1.807, 2.05) is 6.07 Å². The van der Waals surface area contributed by atoms with E-state index in [0.717, 1.165) is 18.8 Å². The van der Waals surface area contributed by atoms with Gasteiger partial charge in [0.05, 0.1) is 12.4 Å². The third-order valence-corrected chi connectivity index (χ3v) is 2.90. The highest BCUT2D eigenvalue weighted by Gasteiger charge is 2.23. The van der Waals surface area contributed by atoms with Gasteiger partial charge < -0.3 is 4.90 Å². The summed E-state index contributed by atoms with van der Waals surface area (Å²) in [5.41, 5.74) is 0.381. The van der Waals surface area contributed by atoms with Crippen LogP contribution in [0.4, 0.5) is 5.82 Å². The molecular formula is C11H14N4. The molecule has 78 valence electrons. The first kappa shape index (κ1) is 9.91. The van der Waals surface area contributed by atoms with Crippen molar-refractivity contribution in [1.82, 2.24) is 9.97 Å².